The first-order chi connectivity index (χ1) is 10.7. The van der Waals surface area contributed by atoms with Gasteiger partial charge in [-0.15, -0.1) is 24.8 Å². The number of nitrogens with zero attached hydrogens (tertiary/aromatic N) is 1. The van der Waals surface area contributed by atoms with Crippen LogP contribution in [0.15, 0.2) is 24.3 Å². The molecule has 2 aliphatic rings. The summed E-state index contributed by atoms with van der Waals surface area (Å²) >= 11 is 6.08. The molecule has 2 saturated heterocycles. The van der Waals surface area contributed by atoms with Crippen molar-refractivity contribution < 1.29 is 9.53 Å². The summed E-state index contributed by atoms with van der Waals surface area (Å²) in [4.78, 5) is 14.5. The van der Waals surface area contributed by atoms with Crippen LogP contribution in [0.25, 0.3) is 0 Å². The Labute approximate surface area is 160 Å². The number of hydrogen-bond donors (Lipinski definition) is 2. The lowest BCUT2D eigenvalue weighted by atomic mass is 10.0. The van der Waals surface area contributed by atoms with E-state index in [4.69, 9.17) is 16.3 Å². The first-order valence-corrected chi connectivity index (χ1v) is 8.20. The summed E-state index contributed by atoms with van der Waals surface area (Å²) in [5.41, 5.74) is 1.08. The van der Waals surface area contributed by atoms with Crippen LogP contribution >= 0.6 is 36.4 Å². The first kappa shape index (κ1) is 21.5. The summed E-state index contributed by atoms with van der Waals surface area (Å²) in [5.74, 6) is 0.152. The number of hydrogen-bond acceptors (Lipinski definition) is 4. The Morgan fingerprint density at radius 3 is 2.71 bits per heavy atom. The van der Waals surface area contributed by atoms with Gasteiger partial charge in [0.05, 0.1) is 25.2 Å². The maximum Gasteiger partial charge on any atom is 0.225 e. The number of halogens is 3. The molecular formula is C16H24Cl3N3O2. The van der Waals surface area contributed by atoms with Crippen molar-refractivity contribution in [3.8, 4) is 0 Å². The fourth-order valence-electron chi connectivity index (χ4n) is 2.85. The molecule has 0 saturated carbocycles. The lowest BCUT2D eigenvalue weighted by molar-refractivity contribution is -0.136. The number of carbonyl (C=O) groups is 1. The van der Waals surface area contributed by atoms with Crippen molar-refractivity contribution in [2.75, 3.05) is 39.3 Å². The summed E-state index contributed by atoms with van der Waals surface area (Å²) in [6.45, 7) is 4.61. The lowest BCUT2D eigenvalue weighted by Crippen LogP contribution is -2.50. The van der Waals surface area contributed by atoms with Gasteiger partial charge in [-0.2, -0.15) is 0 Å². The van der Waals surface area contributed by atoms with Crippen LogP contribution in [0.3, 0.4) is 0 Å². The fraction of sp³-hybridized carbons (Fsp3) is 0.562. The smallest absolute Gasteiger partial charge is 0.225 e. The zero-order valence-corrected chi connectivity index (χ0v) is 15.8. The van der Waals surface area contributed by atoms with E-state index in [1.165, 1.54) is 0 Å². The predicted molar refractivity (Wildman–Crippen MR) is 100 cm³/mol. The van der Waals surface area contributed by atoms with E-state index in [2.05, 4.69) is 10.6 Å². The van der Waals surface area contributed by atoms with Gasteiger partial charge in [0, 0.05) is 37.7 Å². The highest BCUT2D eigenvalue weighted by Crippen LogP contribution is 2.25. The highest BCUT2D eigenvalue weighted by molar-refractivity contribution is 6.30. The third-order valence-electron chi connectivity index (χ3n) is 4.21. The number of rotatable bonds is 5. The molecule has 2 fully saturated rings. The highest BCUT2D eigenvalue weighted by atomic mass is 35.5. The second kappa shape index (κ2) is 10.4. The molecule has 8 heteroatoms. The van der Waals surface area contributed by atoms with Crippen LogP contribution in [0.1, 0.15) is 18.0 Å². The molecule has 2 heterocycles. The van der Waals surface area contributed by atoms with Gasteiger partial charge < -0.3 is 20.3 Å². The number of ether oxygens (including phenoxy) is 1. The van der Waals surface area contributed by atoms with Crippen molar-refractivity contribution in [3.05, 3.63) is 34.9 Å². The van der Waals surface area contributed by atoms with E-state index in [1.54, 1.807) is 0 Å². The van der Waals surface area contributed by atoms with Gasteiger partial charge in [0.1, 0.15) is 0 Å². The monoisotopic (exact) mass is 395 g/mol. The molecule has 0 aliphatic carbocycles. The van der Waals surface area contributed by atoms with Crippen LogP contribution in [0.2, 0.25) is 5.02 Å². The zero-order valence-electron chi connectivity index (χ0n) is 13.4. The van der Waals surface area contributed by atoms with Gasteiger partial charge in [-0.25, -0.2) is 0 Å². The number of benzene rings is 1. The Kier molecular flexibility index (Phi) is 9.34. The molecule has 1 unspecified atom stereocenters. The van der Waals surface area contributed by atoms with Crippen LogP contribution in [-0.4, -0.2) is 56.2 Å². The molecule has 2 aliphatic heterocycles. The molecule has 0 radical (unpaired) electrons. The number of piperazine rings is 1. The lowest BCUT2D eigenvalue weighted by Gasteiger charge is -2.37. The van der Waals surface area contributed by atoms with Gasteiger partial charge in [0.15, 0.2) is 0 Å². The van der Waals surface area contributed by atoms with Gasteiger partial charge >= 0.3 is 0 Å². The third kappa shape index (κ3) is 5.48. The number of carbonyl (C=O) groups excluding carboxylic acids is 1. The van der Waals surface area contributed by atoms with Gasteiger partial charge in [-0.05, 0) is 17.7 Å². The summed E-state index contributed by atoms with van der Waals surface area (Å²) in [7, 11) is 0. The standard InChI is InChI=1S/C16H22ClN3O2.2ClH/c17-13-3-1-2-12(8-13)15-11-18-5-6-20(15)16(21)4-7-22-14-9-19-10-14;;/h1-3,8,14-15,18-19H,4-7,9-11H2;2*1H. The fourth-order valence-corrected chi connectivity index (χ4v) is 3.05. The maximum atomic E-state index is 12.5. The Morgan fingerprint density at radius 1 is 1.25 bits per heavy atom. The van der Waals surface area contributed by atoms with Gasteiger partial charge in [0.25, 0.3) is 0 Å². The maximum absolute atomic E-state index is 12.5. The van der Waals surface area contributed by atoms with E-state index in [9.17, 15) is 4.79 Å². The highest BCUT2D eigenvalue weighted by Gasteiger charge is 2.28. The summed E-state index contributed by atoms with van der Waals surface area (Å²) in [5, 5.41) is 7.21. The molecule has 0 spiro atoms. The Hall–Kier alpha value is -0.560. The largest absolute Gasteiger partial charge is 0.375 e. The van der Waals surface area contributed by atoms with E-state index < -0.39 is 0 Å². The molecular weight excluding hydrogens is 373 g/mol. The van der Waals surface area contributed by atoms with Crippen LogP contribution in [0.5, 0.6) is 0 Å². The molecule has 3 rings (SSSR count). The van der Waals surface area contributed by atoms with E-state index >= 15 is 0 Å². The minimum Gasteiger partial charge on any atom is -0.375 e. The van der Waals surface area contributed by atoms with Crippen LogP contribution in [0, 0.1) is 0 Å². The third-order valence-corrected chi connectivity index (χ3v) is 4.45. The molecule has 0 aromatic heterocycles. The summed E-state index contributed by atoms with van der Waals surface area (Å²) < 4.78 is 5.65. The van der Waals surface area contributed by atoms with E-state index in [0.717, 1.165) is 38.3 Å². The average Bonchev–Trinajstić information content (AvgIpc) is 2.49. The minimum atomic E-state index is 0. The molecule has 0 bridgehead atoms. The summed E-state index contributed by atoms with van der Waals surface area (Å²) in [6.07, 6.45) is 0.715. The second-order valence-corrected chi connectivity index (χ2v) is 6.20. The van der Waals surface area contributed by atoms with Gasteiger partial charge in [0.2, 0.25) is 5.91 Å². The van der Waals surface area contributed by atoms with Crippen molar-refractivity contribution in [1.29, 1.82) is 0 Å². The zero-order chi connectivity index (χ0) is 15.4. The molecule has 24 heavy (non-hydrogen) atoms. The molecule has 1 atom stereocenters. The molecule has 136 valence electrons. The number of nitrogens with one attached hydrogen (secondary N) is 2. The van der Waals surface area contributed by atoms with E-state index in [1.807, 2.05) is 29.2 Å². The van der Waals surface area contributed by atoms with Crippen LogP contribution in [0.4, 0.5) is 0 Å². The van der Waals surface area contributed by atoms with Crippen molar-refractivity contribution in [3.63, 3.8) is 0 Å². The minimum absolute atomic E-state index is 0. The quantitative estimate of drug-likeness (QED) is 0.800. The topological polar surface area (TPSA) is 53.6 Å². The molecule has 2 N–H and O–H groups in total. The summed E-state index contributed by atoms with van der Waals surface area (Å²) in [6, 6.07) is 7.80. The van der Waals surface area contributed by atoms with E-state index in [0.29, 0.717) is 18.1 Å². The second-order valence-electron chi connectivity index (χ2n) is 5.76. The molecule has 1 aromatic carbocycles. The normalized spacial score (nSPS) is 20.5. The molecule has 5 nitrogen and oxygen atoms in total. The van der Waals surface area contributed by atoms with Gasteiger partial charge in [-0.3, -0.25) is 4.79 Å². The van der Waals surface area contributed by atoms with Crippen molar-refractivity contribution >= 4 is 42.3 Å². The van der Waals surface area contributed by atoms with Crippen molar-refractivity contribution in [2.24, 2.45) is 0 Å². The van der Waals surface area contributed by atoms with Crippen molar-refractivity contribution in [2.45, 2.75) is 18.6 Å². The predicted octanol–water partition coefficient (Wildman–Crippen LogP) is 2.03. The Balaban J connectivity index is 0.00000144. The first-order valence-electron chi connectivity index (χ1n) is 7.82. The van der Waals surface area contributed by atoms with Crippen molar-refractivity contribution in [1.82, 2.24) is 15.5 Å². The Morgan fingerprint density at radius 2 is 2.04 bits per heavy atom. The Bertz CT molecular complexity index is 529. The van der Waals surface area contributed by atoms with Gasteiger partial charge in [-0.1, -0.05) is 23.7 Å². The van der Waals surface area contributed by atoms with Crippen LogP contribution < -0.4 is 10.6 Å². The molecule has 1 aromatic rings. The van der Waals surface area contributed by atoms with Crippen LogP contribution in [-0.2, 0) is 9.53 Å². The average molecular weight is 397 g/mol. The number of amides is 1. The van der Waals surface area contributed by atoms with E-state index in [-0.39, 0.29) is 42.9 Å². The SMILES string of the molecule is Cl.Cl.O=C(CCOC1CNC1)N1CCNCC1c1cccc(Cl)c1. The molecule has 1 amide bonds.